The van der Waals surface area contributed by atoms with Gasteiger partial charge in [0.25, 0.3) is 5.91 Å². The van der Waals surface area contributed by atoms with E-state index in [9.17, 15) is 4.79 Å². The van der Waals surface area contributed by atoms with Crippen molar-refractivity contribution in [3.63, 3.8) is 0 Å². The molecule has 0 aliphatic carbocycles. The number of ether oxygens (including phenoxy) is 1. The third-order valence-corrected chi connectivity index (χ3v) is 3.71. The van der Waals surface area contributed by atoms with Crippen molar-refractivity contribution in [2.75, 3.05) is 25.4 Å². The molecule has 6 heteroatoms. The summed E-state index contributed by atoms with van der Waals surface area (Å²) in [5.41, 5.74) is 7.83. The molecule has 3 heterocycles. The molecule has 2 N–H and O–H groups in total. The Hall–Kier alpha value is -2.47. The van der Waals surface area contributed by atoms with E-state index in [4.69, 9.17) is 10.5 Å². The van der Waals surface area contributed by atoms with E-state index in [1.807, 2.05) is 19.1 Å². The molecule has 1 atom stereocenters. The first-order valence-electron chi connectivity index (χ1n) is 7.20. The molecule has 0 radical (unpaired) electrons. The van der Waals surface area contributed by atoms with Gasteiger partial charge in [0.2, 0.25) is 0 Å². The van der Waals surface area contributed by atoms with Crippen LogP contribution in [0, 0.1) is 6.92 Å². The Morgan fingerprint density at radius 1 is 1.36 bits per heavy atom. The number of anilines is 1. The predicted molar refractivity (Wildman–Crippen MR) is 82.2 cm³/mol. The molecule has 0 unspecified atom stereocenters. The Kier molecular flexibility index (Phi) is 4.02. The Balaban J connectivity index is 1.78. The highest BCUT2D eigenvalue weighted by atomic mass is 16.5. The topological polar surface area (TPSA) is 81.3 Å². The molecule has 114 valence electrons. The average molecular weight is 298 g/mol. The summed E-state index contributed by atoms with van der Waals surface area (Å²) in [7, 11) is 0. The Morgan fingerprint density at radius 3 is 3.00 bits per heavy atom. The van der Waals surface area contributed by atoms with Crippen molar-refractivity contribution < 1.29 is 9.53 Å². The van der Waals surface area contributed by atoms with Gasteiger partial charge in [-0.3, -0.25) is 9.78 Å². The molecule has 0 saturated carbocycles. The quantitative estimate of drug-likeness (QED) is 0.910. The highest BCUT2D eigenvalue weighted by Crippen LogP contribution is 2.22. The minimum absolute atomic E-state index is 0.0252. The van der Waals surface area contributed by atoms with Gasteiger partial charge in [-0.25, -0.2) is 4.98 Å². The molecule has 1 aliphatic heterocycles. The molecular formula is C16H18N4O2. The van der Waals surface area contributed by atoms with E-state index in [-0.39, 0.29) is 12.0 Å². The monoisotopic (exact) mass is 298 g/mol. The van der Waals surface area contributed by atoms with Crippen LogP contribution in [0.4, 0.5) is 5.82 Å². The third kappa shape index (κ3) is 2.92. The summed E-state index contributed by atoms with van der Waals surface area (Å²) in [6, 6.07) is 9.01. The van der Waals surface area contributed by atoms with E-state index in [1.54, 1.807) is 29.3 Å². The molecule has 1 saturated heterocycles. The number of morpholine rings is 1. The number of hydrogen-bond donors (Lipinski definition) is 1. The summed E-state index contributed by atoms with van der Waals surface area (Å²) in [5, 5.41) is 0. The molecule has 22 heavy (non-hydrogen) atoms. The van der Waals surface area contributed by atoms with Crippen molar-refractivity contribution in [1.82, 2.24) is 14.9 Å². The second kappa shape index (κ2) is 6.11. The van der Waals surface area contributed by atoms with E-state index >= 15 is 0 Å². The Labute approximate surface area is 128 Å². The first kappa shape index (κ1) is 14.5. The fraction of sp³-hybridized carbons (Fsp3) is 0.312. The van der Waals surface area contributed by atoms with E-state index in [2.05, 4.69) is 9.97 Å². The van der Waals surface area contributed by atoms with Gasteiger partial charge in [-0.2, -0.15) is 0 Å². The molecule has 2 aromatic rings. The number of nitrogen functional groups attached to an aromatic ring is 1. The zero-order valence-corrected chi connectivity index (χ0v) is 12.4. The molecular weight excluding hydrogens is 280 g/mol. The average Bonchev–Trinajstić information content (AvgIpc) is 2.55. The number of amides is 1. The highest BCUT2D eigenvalue weighted by molar-refractivity contribution is 5.95. The van der Waals surface area contributed by atoms with Crippen molar-refractivity contribution in [2.24, 2.45) is 0 Å². The smallest absolute Gasteiger partial charge is 0.255 e. The van der Waals surface area contributed by atoms with Gasteiger partial charge in [0.1, 0.15) is 11.9 Å². The molecule has 1 fully saturated rings. The van der Waals surface area contributed by atoms with Crippen LogP contribution in [-0.4, -0.2) is 40.5 Å². The number of nitrogens with two attached hydrogens (primary N) is 1. The normalized spacial score (nSPS) is 18.2. The number of carbonyl (C=O) groups excluding carboxylic acids is 1. The van der Waals surface area contributed by atoms with Crippen LogP contribution < -0.4 is 5.73 Å². The van der Waals surface area contributed by atoms with Gasteiger partial charge in [-0.1, -0.05) is 6.07 Å². The maximum Gasteiger partial charge on any atom is 0.255 e. The minimum atomic E-state index is -0.252. The predicted octanol–water partition coefficient (Wildman–Crippen LogP) is 1.58. The summed E-state index contributed by atoms with van der Waals surface area (Å²) >= 11 is 0. The molecule has 0 aromatic carbocycles. The molecule has 1 amide bonds. The highest BCUT2D eigenvalue weighted by Gasteiger charge is 2.27. The van der Waals surface area contributed by atoms with Crippen LogP contribution in [0.25, 0.3) is 0 Å². The van der Waals surface area contributed by atoms with Crippen molar-refractivity contribution in [1.29, 1.82) is 0 Å². The largest absolute Gasteiger partial charge is 0.384 e. The zero-order valence-electron chi connectivity index (χ0n) is 12.4. The summed E-state index contributed by atoms with van der Waals surface area (Å²) in [6.07, 6.45) is 1.43. The minimum Gasteiger partial charge on any atom is -0.384 e. The van der Waals surface area contributed by atoms with Crippen LogP contribution in [0.3, 0.4) is 0 Å². The molecule has 6 nitrogen and oxygen atoms in total. The second-order valence-electron chi connectivity index (χ2n) is 5.23. The first-order chi connectivity index (χ1) is 10.6. The van der Waals surface area contributed by atoms with Gasteiger partial charge in [-0.15, -0.1) is 0 Å². The van der Waals surface area contributed by atoms with Gasteiger partial charge in [0.15, 0.2) is 0 Å². The molecule has 2 aromatic heterocycles. The van der Waals surface area contributed by atoms with E-state index < -0.39 is 0 Å². The van der Waals surface area contributed by atoms with Crippen LogP contribution in [0.15, 0.2) is 36.5 Å². The standard InChI is InChI=1S/C16H18N4O2/c1-11-12(4-3-7-18-11)16(21)20-8-9-22-14(10-20)13-5-2-6-15(17)19-13/h2-7,14H,8-10H2,1H3,(H2,17,19)/t14-/m1/s1. The lowest BCUT2D eigenvalue weighted by atomic mass is 10.1. The SMILES string of the molecule is Cc1ncccc1C(=O)N1CCO[C@@H](c2cccc(N)n2)C1. The molecule has 3 rings (SSSR count). The number of rotatable bonds is 2. The number of aryl methyl sites for hydroxylation is 1. The number of pyridine rings is 2. The second-order valence-corrected chi connectivity index (χ2v) is 5.23. The first-order valence-corrected chi connectivity index (χ1v) is 7.20. The molecule has 0 bridgehead atoms. The summed E-state index contributed by atoms with van der Waals surface area (Å²) < 4.78 is 5.74. The number of hydrogen-bond acceptors (Lipinski definition) is 5. The maximum absolute atomic E-state index is 12.6. The van der Waals surface area contributed by atoms with Crippen molar-refractivity contribution in [2.45, 2.75) is 13.0 Å². The van der Waals surface area contributed by atoms with Crippen molar-refractivity contribution in [3.05, 3.63) is 53.5 Å². The fourth-order valence-electron chi connectivity index (χ4n) is 2.54. The molecule has 0 spiro atoms. The van der Waals surface area contributed by atoms with Gasteiger partial charge in [-0.05, 0) is 31.2 Å². The fourth-order valence-corrected chi connectivity index (χ4v) is 2.54. The number of nitrogens with zero attached hydrogens (tertiary/aromatic N) is 3. The number of aromatic nitrogens is 2. The zero-order chi connectivity index (χ0) is 15.5. The van der Waals surface area contributed by atoms with Gasteiger partial charge in [0, 0.05) is 18.4 Å². The van der Waals surface area contributed by atoms with E-state index in [0.29, 0.717) is 31.1 Å². The van der Waals surface area contributed by atoms with Crippen LogP contribution in [0.5, 0.6) is 0 Å². The molecule has 1 aliphatic rings. The number of carbonyl (C=O) groups is 1. The van der Waals surface area contributed by atoms with Gasteiger partial charge < -0.3 is 15.4 Å². The van der Waals surface area contributed by atoms with Crippen LogP contribution in [0.2, 0.25) is 0 Å². The Bertz CT molecular complexity index is 689. The van der Waals surface area contributed by atoms with E-state index in [0.717, 1.165) is 11.4 Å². The summed E-state index contributed by atoms with van der Waals surface area (Å²) in [5.74, 6) is 0.426. The lowest BCUT2D eigenvalue weighted by Crippen LogP contribution is -2.42. The van der Waals surface area contributed by atoms with Crippen LogP contribution in [0.1, 0.15) is 27.8 Å². The van der Waals surface area contributed by atoms with Gasteiger partial charge >= 0.3 is 0 Å². The lowest BCUT2D eigenvalue weighted by molar-refractivity contribution is -0.0247. The lowest BCUT2D eigenvalue weighted by Gasteiger charge is -2.33. The van der Waals surface area contributed by atoms with Crippen molar-refractivity contribution in [3.8, 4) is 0 Å². The third-order valence-electron chi connectivity index (χ3n) is 3.71. The maximum atomic E-state index is 12.6. The van der Waals surface area contributed by atoms with Crippen molar-refractivity contribution >= 4 is 11.7 Å². The Morgan fingerprint density at radius 2 is 2.23 bits per heavy atom. The van der Waals surface area contributed by atoms with Crippen LogP contribution >= 0.6 is 0 Å². The van der Waals surface area contributed by atoms with Gasteiger partial charge in [0.05, 0.1) is 24.4 Å². The summed E-state index contributed by atoms with van der Waals surface area (Å²) in [4.78, 5) is 22.9. The van der Waals surface area contributed by atoms with Crippen LogP contribution in [-0.2, 0) is 4.74 Å². The van der Waals surface area contributed by atoms with E-state index in [1.165, 1.54) is 0 Å². The summed E-state index contributed by atoms with van der Waals surface area (Å²) in [6.45, 7) is 3.34.